The van der Waals surface area contributed by atoms with Gasteiger partial charge >= 0.3 is 12.1 Å². The van der Waals surface area contributed by atoms with Crippen LogP contribution < -0.4 is 5.32 Å². The number of ether oxygens (including phenoxy) is 1. The zero-order valence-corrected chi connectivity index (χ0v) is 12.8. The average Bonchev–Trinajstić information content (AvgIpc) is 2.75. The van der Waals surface area contributed by atoms with Gasteiger partial charge in [0.25, 0.3) is 5.89 Å². The Hall–Kier alpha value is -1.96. The summed E-state index contributed by atoms with van der Waals surface area (Å²) in [7, 11) is 0. The maximum absolute atomic E-state index is 11.5. The summed E-state index contributed by atoms with van der Waals surface area (Å²) >= 11 is 3.28. The molecule has 7 nitrogen and oxygen atoms in total. The molecule has 2 rings (SSSR count). The third-order valence-corrected chi connectivity index (χ3v) is 2.45. The van der Waals surface area contributed by atoms with E-state index in [9.17, 15) is 4.79 Å². The number of aromatic nitrogens is 3. The van der Waals surface area contributed by atoms with Crippen molar-refractivity contribution in [3.63, 3.8) is 0 Å². The number of anilines is 1. The van der Waals surface area contributed by atoms with Crippen LogP contribution in [0.4, 0.5) is 10.8 Å². The van der Waals surface area contributed by atoms with Crippen molar-refractivity contribution in [2.24, 2.45) is 0 Å². The van der Waals surface area contributed by atoms with E-state index < -0.39 is 11.7 Å². The molecule has 0 aromatic carbocycles. The predicted molar refractivity (Wildman–Crippen MR) is 75.1 cm³/mol. The number of amides is 1. The van der Waals surface area contributed by atoms with Crippen LogP contribution in [0.2, 0.25) is 0 Å². The van der Waals surface area contributed by atoms with Gasteiger partial charge in [-0.15, -0.1) is 5.10 Å². The highest BCUT2D eigenvalue weighted by Gasteiger charge is 2.18. The summed E-state index contributed by atoms with van der Waals surface area (Å²) in [5.41, 5.74) is -0.0850. The number of halogens is 1. The third-order valence-electron chi connectivity index (χ3n) is 1.98. The van der Waals surface area contributed by atoms with Crippen LogP contribution in [0.25, 0.3) is 11.6 Å². The van der Waals surface area contributed by atoms with Gasteiger partial charge in [-0.1, -0.05) is 5.10 Å². The quantitative estimate of drug-likeness (QED) is 0.902. The van der Waals surface area contributed by atoms with Crippen molar-refractivity contribution < 1.29 is 13.9 Å². The molecule has 0 aliphatic heterocycles. The monoisotopic (exact) mass is 340 g/mol. The Balaban J connectivity index is 2.06. The van der Waals surface area contributed by atoms with Crippen LogP contribution >= 0.6 is 15.9 Å². The second-order valence-electron chi connectivity index (χ2n) is 4.90. The number of hydrogen-bond acceptors (Lipinski definition) is 6. The van der Waals surface area contributed by atoms with E-state index in [1.165, 1.54) is 0 Å². The molecule has 2 heterocycles. The lowest BCUT2D eigenvalue weighted by Gasteiger charge is -2.18. The minimum atomic E-state index is -0.656. The Morgan fingerprint density at radius 1 is 1.35 bits per heavy atom. The van der Waals surface area contributed by atoms with E-state index in [1.54, 1.807) is 39.1 Å². The van der Waals surface area contributed by atoms with Gasteiger partial charge in [-0.2, -0.15) is 0 Å². The van der Waals surface area contributed by atoms with Crippen LogP contribution in [0, 0.1) is 0 Å². The van der Waals surface area contributed by atoms with Gasteiger partial charge in [0.15, 0.2) is 0 Å². The van der Waals surface area contributed by atoms with E-state index in [-0.39, 0.29) is 11.9 Å². The lowest BCUT2D eigenvalue weighted by molar-refractivity contribution is 0.0632. The molecule has 0 spiro atoms. The Labute approximate surface area is 123 Å². The molecule has 0 atom stereocenters. The van der Waals surface area contributed by atoms with Gasteiger partial charge in [-0.05, 0) is 48.8 Å². The van der Waals surface area contributed by atoms with Crippen molar-refractivity contribution in [2.75, 3.05) is 5.32 Å². The lowest BCUT2D eigenvalue weighted by Crippen LogP contribution is -2.27. The smallest absolute Gasteiger partial charge is 0.415 e. The second-order valence-corrected chi connectivity index (χ2v) is 5.82. The molecule has 8 heteroatoms. The zero-order chi connectivity index (χ0) is 14.8. The summed E-state index contributed by atoms with van der Waals surface area (Å²) in [5.74, 6) is 0.212. The maximum atomic E-state index is 11.5. The standard InChI is InChI=1S/C12H13BrN4O3/c1-12(2,3)20-11(18)15-10-17-16-9(19-10)8-5-4-7(13)6-14-8/h4-6H,1-3H3,(H,15,17,18). The molecule has 0 unspecified atom stereocenters. The Morgan fingerprint density at radius 2 is 2.10 bits per heavy atom. The van der Waals surface area contributed by atoms with Gasteiger partial charge in [-0.3, -0.25) is 0 Å². The zero-order valence-electron chi connectivity index (χ0n) is 11.2. The van der Waals surface area contributed by atoms with Crippen LogP contribution in [0.5, 0.6) is 0 Å². The highest BCUT2D eigenvalue weighted by molar-refractivity contribution is 9.10. The highest BCUT2D eigenvalue weighted by atomic mass is 79.9. The first-order chi connectivity index (χ1) is 9.33. The molecule has 1 N–H and O–H groups in total. The molecular weight excluding hydrogens is 328 g/mol. The maximum Gasteiger partial charge on any atom is 0.415 e. The molecular formula is C12H13BrN4O3. The van der Waals surface area contributed by atoms with Crippen LogP contribution in [0.15, 0.2) is 27.2 Å². The molecule has 0 aliphatic carbocycles. The molecule has 0 aliphatic rings. The fourth-order valence-electron chi connectivity index (χ4n) is 1.27. The van der Waals surface area contributed by atoms with E-state index in [0.29, 0.717) is 5.69 Å². The number of hydrogen-bond donors (Lipinski definition) is 1. The molecule has 106 valence electrons. The van der Waals surface area contributed by atoms with E-state index >= 15 is 0 Å². The van der Waals surface area contributed by atoms with Crippen LogP contribution in [0.3, 0.4) is 0 Å². The summed E-state index contributed by atoms with van der Waals surface area (Å²) in [6.45, 7) is 5.28. The molecule has 0 saturated heterocycles. The molecule has 0 fully saturated rings. The van der Waals surface area contributed by atoms with Crippen LogP contribution in [0.1, 0.15) is 20.8 Å². The van der Waals surface area contributed by atoms with Gasteiger partial charge in [0.05, 0.1) is 0 Å². The third kappa shape index (κ3) is 4.02. The number of carbonyl (C=O) groups excluding carboxylic acids is 1. The normalized spacial score (nSPS) is 11.2. The lowest BCUT2D eigenvalue weighted by atomic mass is 10.2. The fraction of sp³-hybridized carbons (Fsp3) is 0.333. The molecule has 0 saturated carbocycles. The Bertz CT molecular complexity index is 604. The van der Waals surface area contributed by atoms with Crippen molar-refractivity contribution in [3.8, 4) is 11.6 Å². The number of nitrogens with zero attached hydrogens (tertiary/aromatic N) is 3. The predicted octanol–water partition coefficient (Wildman–Crippen LogP) is 3.24. The van der Waals surface area contributed by atoms with E-state index in [4.69, 9.17) is 9.15 Å². The SMILES string of the molecule is CC(C)(C)OC(=O)Nc1nnc(-c2ccc(Br)cn2)o1. The summed E-state index contributed by atoms with van der Waals surface area (Å²) < 4.78 is 11.2. The molecule has 2 aromatic rings. The first kappa shape index (κ1) is 14.4. The van der Waals surface area contributed by atoms with E-state index in [2.05, 4.69) is 36.4 Å². The van der Waals surface area contributed by atoms with Crippen molar-refractivity contribution in [1.82, 2.24) is 15.2 Å². The first-order valence-electron chi connectivity index (χ1n) is 5.79. The number of carbonyl (C=O) groups is 1. The van der Waals surface area contributed by atoms with Gasteiger partial charge < -0.3 is 9.15 Å². The largest absolute Gasteiger partial charge is 0.443 e. The van der Waals surface area contributed by atoms with Gasteiger partial charge in [-0.25, -0.2) is 15.1 Å². The summed E-state index contributed by atoms with van der Waals surface area (Å²) in [6, 6.07) is 3.47. The highest BCUT2D eigenvalue weighted by Crippen LogP contribution is 2.19. The van der Waals surface area contributed by atoms with Gasteiger partial charge in [0.2, 0.25) is 0 Å². The average molecular weight is 341 g/mol. The molecule has 0 bridgehead atoms. The molecule has 2 aromatic heterocycles. The summed E-state index contributed by atoms with van der Waals surface area (Å²) in [6.07, 6.45) is 0.956. The minimum Gasteiger partial charge on any atom is -0.443 e. The molecule has 1 amide bonds. The number of rotatable bonds is 2. The van der Waals surface area contributed by atoms with Crippen molar-refractivity contribution >= 4 is 28.0 Å². The number of nitrogens with one attached hydrogen (secondary N) is 1. The molecule has 0 radical (unpaired) electrons. The van der Waals surface area contributed by atoms with Crippen molar-refractivity contribution in [3.05, 3.63) is 22.8 Å². The van der Waals surface area contributed by atoms with Crippen LogP contribution in [-0.2, 0) is 4.74 Å². The summed E-state index contributed by atoms with van der Waals surface area (Å²) in [4.78, 5) is 15.6. The Kier molecular flexibility index (Phi) is 4.03. The number of pyridine rings is 1. The first-order valence-corrected chi connectivity index (χ1v) is 6.58. The van der Waals surface area contributed by atoms with Crippen LogP contribution in [-0.4, -0.2) is 26.9 Å². The minimum absolute atomic E-state index is 0.0426. The summed E-state index contributed by atoms with van der Waals surface area (Å²) in [5, 5.41) is 9.87. The van der Waals surface area contributed by atoms with Gasteiger partial charge in [0, 0.05) is 10.7 Å². The topological polar surface area (TPSA) is 90.1 Å². The van der Waals surface area contributed by atoms with E-state index in [1.807, 2.05) is 0 Å². The second kappa shape index (κ2) is 5.58. The van der Waals surface area contributed by atoms with E-state index in [0.717, 1.165) is 4.47 Å². The molecule has 20 heavy (non-hydrogen) atoms. The van der Waals surface area contributed by atoms with Crippen molar-refractivity contribution in [2.45, 2.75) is 26.4 Å². The van der Waals surface area contributed by atoms with Crippen molar-refractivity contribution in [1.29, 1.82) is 0 Å². The Morgan fingerprint density at radius 3 is 2.70 bits per heavy atom. The van der Waals surface area contributed by atoms with Gasteiger partial charge in [0.1, 0.15) is 11.3 Å². The fourth-order valence-corrected chi connectivity index (χ4v) is 1.51.